The summed E-state index contributed by atoms with van der Waals surface area (Å²) in [7, 11) is 0. The molecule has 0 atom stereocenters. The average Bonchev–Trinajstić information content (AvgIpc) is 3.45. The van der Waals surface area contributed by atoms with Gasteiger partial charge in [-0.1, -0.05) is 6.07 Å². The second kappa shape index (κ2) is 8.20. The maximum Gasteiger partial charge on any atom is 0.277 e. The summed E-state index contributed by atoms with van der Waals surface area (Å²) in [5, 5.41) is 2.60. The Balaban J connectivity index is 1.62. The molecule has 0 aliphatic heterocycles. The molecule has 5 heterocycles. The Kier molecular flexibility index (Phi) is 5.05. The van der Waals surface area contributed by atoms with Crippen LogP contribution in [-0.4, -0.2) is 40.7 Å². The highest BCUT2D eigenvalue weighted by Crippen LogP contribution is 2.23. The molecule has 0 unspecified atom stereocenters. The summed E-state index contributed by atoms with van der Waals surface area (Å²) >= 11 is 0. The number of carbonyl (C=O) groups excluding carboxylic acids is 2. The van der Waals surface area contributed by atoms with Crippen LogP contribution in [0.25, 0.3) is 22.9 Å². The first-order valence-corrected chi connectivity index (χ1v) is 10.1. The van der Waals surface area contributed by atoms with Crippen molar-refractivity contribution in [1.29, 1.82) is 0 Å². The van der Waals surface area contributed by atoms with Gasteiger partial charge in [-0.3, -0.25) is 18.6 Å². The molecule has 0 radical (unpaired) electrons. The fourth-order valence-corrected chi connectivity index (χ4v) is 3.46. The minimum atomic E-state index is -0.622. The third-order valence-corrected chi connectivity index (χ3v) is 5.05. The zero-order chi connectivity index (χ0) is 23.8. The topological polar surface area (TPSA) is 133 Å². The van der Waals surface area contributed by atoms with E-state index >= 15 is 0 Å². The standard InChI is InChI=1S/C23H17FN8O2/c1-13-3-2-4-16(28-13)22-29-17(23(34)30-19-7-5-14(24)9-26-19)12-31(22)15-6-8-20-27-10-18(21(25)33)32(20)11-15/h2-12H,1H3,(H2,25,33)(H,26,30,34). The van der Waals surface area contributed by atoms with Gasteiger partial charge in [0, 0.05) is 18.1 Å². The van der Waals surface area contributed by atoms with Gasteiger partial charge in [0.25, 0.3) is 11.8 Å². The van der Waals surface area contributed by atoms with Gasteiger partial charge in [-0.15, -0.1) is 0 Å². The molecule has 0 bridgehead atoms. The molecule has 10 nitrogen and oxygen atoms in total. The van der Waals surface area contributed by atoms with Crippen LogP contribution in [0.3, 0.4) is 0 Å². The lowest BCUT2D eigenvalue weighted by Crippen LogP contribution is -2.14. The first-order valence-electron chi connectivity index (χ1n) is 10.1. The van der Waals surface area contributed by atoms with Crippen molar-refractivity contribution in [3.63, 3.8) is 0 Å². The van der Waals surface area contributed by atoms with Gasteiger partial charge in [0.2, 0.25) is 0 Å². The Morgan fingerprint density at radius 3 is 2.59 bits per heavy atom. The maximum atomic E-state index is 13.1. The van der Waals surface area contributed by atoms with Gasteiger partial charge < -0.3 is 11.1 Å². The van der Waals surface area contributed by atoms with Gasteiger partial charge in [-0.25, -0.2) is 24.3 Å². The second-order valence-corrected chi connectivity index (χ2v) is 7.42. The van der Waals surface area contributed by atoms with Crippen molar-refractivity contribution >= 4 is 23.3 Å². The molecule has 5 rings (SSSR count). The minimum Gasteiger partial charge on any atom is -0.364 e. The number of hydrogen-bond acceptors (Lipinski definition) is 6. The first kappa shape index (κ1) is 20.9. The van der Waals surface area contributed by atoms with E-state index in [4.69, 9.17) is 5.73 Å². The molecule has 3 N–H and O–H groups in total. The van der Waals surface area contributed by atoms with Crippen LogP contribution in [0, 0.1) is 12.7 Å². The zero-order valence-corrected chi connectivity index (χ0v) is 17.8. The van der Waals surface area contributed by atoms with Crippen LogP contribution >= 0.6 is 0 Å². The summed E-state index contributed by atoms with van der Waals surface area (Å²) in [6.07, 6.45) is 5.62. The van der Waals surface area contributed by atoms with Crippen LogP contribution in [0.5, 0.6) is 0 Å². The van der Waals surface area contributed by atoms with E-state index in [0.717, 1.165) is 11.9 Å². The van der Waals surface area contributed by atoms with E-state index in [0.29, 0.717) is 22.9 Å². The maximum absolute atomic E-state index is 13.1. The monoisotopic (exact) mass is 456 g/mol. The molecule has 5 aromatic heterocycles. The SMILES string of the molecule is Cc1cccc(-c2nc(C(=O)Nc3ccc(F)cn3)cn2-c2ccc3ncc(C(N)=O)n3c2)n1. The summed E-state index contributed by atoms with van der Waals surface area (Å²) in [6.45, 7) is 1.85. The number of imidazole rings is 2. The van der Waals surface area contributed by atoms with Gasteiger partial charge >= 0.3 is 0 Å². The number of aryl methyl sites for hydroxylation is 1. The number of anilines is 1. The van der Waals surface area contributed by atoms with Crippen molar-refractivity contribution in [1.82, 2.24) is 28.9 Å². The summed E-state index contributed by atoms with van der Waals surface area (Å²) in [5.74, 6) is -1.08. The number of nitrogens with two attached hydrogens (primary N) is 1. The van der Waals surface area contributed by atoms with Crippen molar-refractivity contribution in [2.75, 3.05) is 5.32 Å². The fraction of sp³-hybridized carbons (Fsp3) is 0.0435. The number of carbonyl (C=O) groups is 2. The fourth-order valence-electron chi connectivity index (χ4n) is 3.46. The Bertz CT molecular complexity index is 1560. The number of aromatic nitrogens is 6. The summed E-state index contributed by atoms with van der Waals surface area (Å²) < 4.78 is 16.4. The Morgan fingerprint density at radius 1 is 1.00 bits per heavy atom. The summed E-state index contributed by atoms with van der Waals surface area (Å²) in [5.41, 5.74) is 8.21. The molecular weight excluding hydrogens is 439 g/mol. The van der Waals surface area contributed by atoms with E-state index < -0.39 is 17.6 Å². The van der Waals surface area contributed by atoms with E-state index in [-0.39, 0.29) is 17.2 Å². The highest BCUT2D eigenvalue weighted by molar-refractivity contribution is 6.02. The molecule has 0 fully saturated rings. The number of rotatable bonds is 5. The Hall–Kier alpha value is -4.93. The highest BCUT2D eigenvalue weighted by atomic mass is 19.1. The van der Waals surface area contributed by atoms with E-state index in [2.05, 4.69) is 25.3 Å². The number of nitrogens with zero attached hydrogens (tertiary/aromatic N) is 6. The summed E-state index contributed by atoms with van der Waals surface area (Å²) in [6, 6.07) is 11.5. The molecule has 0 aromatic carbocycles. The molecule has 0 saturated carbocycles. The lowest BCUT2D eigenvalue weighted by atomic mass is 10.3. The summed E-state index contributed by atoms with van der Waals surface area (Å²) in [4.78, 5) is 41.7. The molecule has 2 amide bonds. The lowest BCUT2D eigenvalue weighted by molar-refractivity contribution is 0.0992. The first-order chi connectivity index (χ1) is 16.4. The number of nitrogens with one attached hydrogen (secondary N) is 1. The van der Waals surface area contributed by atoms with Crippen LogP contribution in [0.1, 0.15) is 26.7 Å². The second-order valence-electron chi connectivity index (χ2n) is 7.42. The van der Waals surface area contributed by atoms with Crippen LogP contribution in [0.15, 0.2) is 67.3 Å². The Labute approximate surface area is 191 Å². The predicted octanol–water partition coefficient (Wildman–Crippen LogP) is 2.78. The van der Waals surface area contributed by atoms with E-state index in [1.54, 1.807) is 39.6 Å². The van der Waals surface area contributed by atoms with Crippen molar-refractivity contribution < 1.29 is 14.0 Å². The Morgan fingerprint density at radius 2 is 1.85 bits per heavy atom. The zero-order valence-electron chi connectivity index (χ0n) is 17.8. The van der Waals surface area contributed by atoms with Crippen molar-refractivity contribution in [2.24, 2.45) is 5.73 Å². The number of halogens is 1. The quantitative estimate of drug-likeness (QED) is 0.418. The molecule has 0 saturated heterocycles. The van der Waals surface area contributed by atoms with Gasteiger partial charge in [0.15, 0.2) is 5.82 Å². The van der Waals surface area contributed by atoms with Crippen LogP contribution in [-0.2, 0) is 0 Å². The molecule has 168 valence electrons. The van der Waals surface area contributed by atoms with Crippen LogP contribution in [0.4, 0.5) is 10.2 Å². The minimum absolute atomic E-state index is 0.0882. The highest BCUT2D eigenvalue weighted by Gasteiger charge is 2.19. The van der Waals surface area contributed by atoms with E-state index in [1.165, 1.54) is 18.3 Å². The number of primary amides is 1. The largest absolute Gasteiger partial charge is 0.364 e. The van der Waals surface area contributed by atoms with Crippen molar-refractivity contribution in [3.05, 3.63) is 90.2 Å². The lowest BCUT2D eigenvalue weighted by Gasteiger charge is -2.09. The van der Waals surface area contributed by atoms with Crippen molar-refractivity contribution in [3.8, 4) is 17.2 Å². The molecular formula is C23H17FN8O2. The van der Waals surface area contributed by atoms with E-state index in [1.807, 2.05) is 19.1 Å². The van der Waals surface area contributed by atoms with Crippen LogP contribution in [0.2, 0.25) is 0 Å². The number of fused-ring (bicyclic) bond motifs is 1. The van der Waals surface area contributed by atoms with Crippen LogP contribution < -0.4 is 11.1 Å². The molecule has 0 spiro atoms. The molecule has 5 aromatic rings. The number of hydrogen-bond donors (Lipinski definition) is 2. The van der Waals surface area contributed by atoms with Crippen molar-refractivity contribution in [2.45, 2.75) is 6.92 Å². The van der Waals surface area contributed by atoms with E-state index in [9.17, 15) is 14.0 Å². The van der Waals surface area contributed by atoms with Gasteiger partial charge in [-0.05, 0) is 43.3 Å². The number of pyridine rings is 3. The van der Waals surface area contributed by atoms with Gasteiger partial charge in [-0.2, -0.15) is 0 Å². The average molecular weight is 456 g/mol. The van der Waals surface area contributed by atoms with Gasteiger partial charge in [0.05, 0.1) is 18.1 Å². The molecule has 11 heteroatoms. The van der Waals surface area contributed by atoms with Gasteiger partial charge in [0.1, 0.15) is 34.4 Å². The third kappa shape index (κ3) is 3.86. The smallest absolute Gasteiger partial charge is 0.277 e. The third-order valence-electron chi connectivity index (χ3n) is 5.05. The number of amides is 2. The predicted molar refractivity (Wildman–Crippen MR) is 121 cm³/mol. The normalized spacial score (nSPS) is 11.0. The molecule has 0 aliphatic carbocycles. The molecule has 0 aliphatic rings. The molecule has 34 heavy (non-hydrogen) atoms.